The molecule has 0 radical (unpaired) electrons. The second kappa shape index (κ2) is 11.5. The topological polar surface area (TPSA) is 59.1 Å². The monoisotopic (exact) mass is 464 g/mol. The van der Waals surface area contributed by atoms with Gasteiger partial charge < -0.3 is 19.3 Å². The molecule has 2 aromatic rings. The summed E-state index contributed by atoms with van der Waals surface area (Å²) in [4.78, 5) is 29.6. The largest absolute Gasteiger partial charge is 0.492 e. The Balaban J connectivity index is 1.45. The maximum absolute atomic E-state index is 13.0. The zero-order chi connectivity index (χ0) is 23.8. The number of piperidine rings is 1. The molecule has 0 saturated carbocycles. The van der Waals surface area contributed by atoms with Crippen molar-refractivity contribution in [2.75, 3.05) is 46.5 Å². The molecule has 2 aliphatic rings. The molecule has 0 unspecified atom stereocenters. The lowest BCUT2D eigenvalue weighted by atomic mass is 9.75. The summed E-state index contributed by atoms with van der Waals surface area (Å²) in [6.07, 6.45) is 5.36. The van der Waals surface area contributed by atoms with Crippen LogP contribution in [0.4, 0.5) is 0 Å². The van der Waals surface area contributed by atoms with Crippen LogP contribution in [-0.2, 0) is 16.0 Å². The molecule has 1 fully saturated rings. The van der Waals surface area contributed by atoms with E-state index in [4.69, 9.17) is 9.47 Å². The Morgan fingerprint density at radius 2 is 1.65 bits per heavy atom. The van der Waals surface area contributed by atoms with Crippen molar-refractivity contribution in [2.24, 2.45) is 5.41 Å². The van der Waals surface area contributed by atoms with E-state index in [1.165, 1.54) is 0 Å². The first-order chi connectivity index (χ1) is 16.6. The lowest BCUT2D eigenvalue weighted by Crippen LogP contribution is -2.46. The van der Waals surface area contributed by atoms with Gasteiger partial charge in [-0.3, -0.25) is 9.59 Å². The normalized spacial score (nSPS) is 19.7. The Labute approximate surface area is 202 Å². The first-order valence-corrected chi connectivity index (χ1v) is 12.4. The average Bonchev–Trinajstić information content (AvgIpc) is 2.87. The molecule has 0 bridgehead atoms. The number of likely N-dealkylation sites (N-methyl/N-ethyl adjacent to an activating group) is 1. The van der Waals surface area contributed by atoms with Crippen LogP contribution in [-0.4, -0.2) is 68.1 Å². The Morgan fingerprint density at radius 1 is 0.912 bits per heavy atom. The second-order valence-electron chi connectivity index (χ2n) is 9.62. The molecular formula is C28H36N2O4. The van der Waals surface area contributed by atoms with E-state index in [9.17, 15) is 9.59 Å². The van der Waals surface area contributed by atoms with Crippen molar-refractivity contribution in [3.63, 3.8) is 0 Å². The minimum Gasteiger partial charge on any atom is -0.492 e. The molecule has 0 aromatic heterocycles. The predicted molar refractivity (Wildman–Crippen MR) is 132 cm³/mol. The summed E-state index contributed by atoms with van der Waals surface area (Å²) in [7, 11) is 1.80. The third-order valence-electron chi connectivity index (χ3n) is 7.19. The van der Waals surface area contributed by atoms with Crippen molar-refractivity contribution in [1.29, 1.82) is 0 Å². The van der Waals surface area contributed by atoms with Gasteiger partial charge in [0.2, 0.25) is 5.91 Å². The van der Waals surface area contributed by atoms with E-state index in [-0.39, 0.29) is 17.2 Å². The fourth-order valence-corrected chi connectivity index (χ4v) is 4.89. The molecule has 0 atom stereocenters. The second-order valence-corrected chi connectivity index (χ2v) is 9.62. The highest BCUT2D eigenvalue weighted by atomic mass is 16.5. The number of hydrogen-bond acceptors (Lipinski definition) is 4. The van der Waals surface area contributed by atoms with Crippen molar-refractivity contribution in [1.82, 2.24) is 9.80 Å². The molecule has 2 aliphatic heterocycles. The molecule has 34 heavy (non-hydrogen) atoms. The van der Waals surface area contributed by atoms with Crippen LogP contribution in [0.3, 0.4) is 0 Å². The van der Waals surface area contributed by atoms with Gasteiger partial charge in [0.15, 0.2) is 0 Å². The van der Waals surface area contributed by atoms with Gasteiger partial charge in [-0.1, -0.05) is 48.9 Å². The molecule has 6 heteroatoms. The smallest absolute Gasteiger partial charge is 0.257 e. The van der Waals surface area contributed by atoms with Gasteiger partial charge in [-0.25, -0.2) is 0 Å². The van der Waals surface area contributed by atoms with Gasteiger partial charge in [-0.15, -0.1) is 0 Å². The maximum Gasteiger partial charge on any atom is 0.257 e. The summed E-state index contributed by atoms with van der Waals surface area (Å²) in [5.41, 5.74) is 1.64. The molecule has 1 saturated heterocycles. The Morgan fingerprint density at radius 3 is 2.44 bits per heavy atom. The predicted octanol–water partition coefficient (Wildman–Crippen LogP) is 4.19. The van der Waals surface area contributed by atoms with Crippen LogP contribution in [0.2, 0.25) is 0 Å². The van der Waals surface area contributed by atoms with Crippen LogP contribution < -0.4 is 4.74 Å². The van der Waals surface area contributed by atoms with E-state index in [0.29, 0.717) is 44.1 Å². The van der Waals surface area contributed by atoms with E-state index in [1.54, 1.807) is 11.9 Å². The van der Waals surface area contributed by atoms with Gasteiger partial charge in [-0.05, 0) is 43.4 Å². The van der Waals surface area contributed by atoms with Crippen molar-refractivity contribution < 1.29 is 19.1 Å². The lowest BCUT2D eigenvalue weighted by Gasteiger charge is -2.42. The van der Waals surface area contributed by atoms with Gasteiger partial charge in [-0.2, -0.15) is 0 Å². The van der Waals surface area contributed by atoms with Gasteiger partial charge in [0.25, 0.3) is 5.91 Å². The van der Waals surface area contributed by atoms with Gasteiger partial charge in [0.1, 0.15) is 5.75 Å². The van der Waals surface area contributed by atoms with Crippen LogP contribution >= 0.6 is 0 Å². The van der Waals surface area contributed by atoms with Crippen molar-refractivity contribution in [2.45, 2.75) is 38.5 Å². The molecule has 2 amide bonds. The first kappa shape index (κ1) is 24.3. The fraction of sp³-hybridized carbons (Fsp3) is 0.500. The summed E-state index contributed by atoms with van der Waals surface area (Å²) in [5.74, 6) is 0.779. The van der Waals surface area contributed by atoms with Crippen molar-refractivity contribution >= 4 is 11.8 Å². The number of ether oxygens (including phenoxy) is 2. The summed E-state index contributed by atoms with van der Waals surface area (Å²) in [6.45, 7) is 3.85. The molecule has 1 spiro atoms. The van der Waals surface area contributed by atoms with Crippen LogP contribution in [0.15, 0.2) is 54.6 Å². The third kappa shape index (κ3) is 6.17. The molecule has 2 aromatic carbocycles. The Bertz CT molecular complexity index is 954. The zero-order valence-corrected chi connectivity index (χ0v) is 20.2. The zero-order valence-electron chi connectivity index (χ0n) is 20.2. The van der Waals surface area contributed by atoms with Crippen LogP contribution in [0.1, 0.15) is 48.0 Å². The van der Waals surface area contributed by atoms with Gasteiger partial charge in [0, 0.05) is 38.7 Å². The lowest BCUT2D eigenvalue weighted by molar-refractivity contribution is -0.133. The van der Waals surface area contributed by atoms with Crippen LogP contribution in [0.5, 0.6) is 5.75 Å². The minimum absolute atomic E-state index is 0.00426. The number of para-hydroxylation sites is 1. The number of rotatable bonds is 2. The summed E-state index contributed by atoms with van der Waals surface area (Å²) in [5, 5.41) is 0. The number of benzene rings is 2. The van der Waals surface area contributed by atoms with E-state index in [1.807, 2.05) is 59.5 Å². The molecule has 0 aliphatic carbocycles. The highest BCUT2D eigenvalue weighted by Crippen LogP contribution is 2.38. The number of carbonyl (C=O) groups is 2. The van der Waals surface area contributed by atoms with Crippen LogP contribution in [0, 0.1) is 5.41 Å². The summed E-state index contributed by atoms with van der Waals surface area (Å²) < 4.78 is 12.1. The first-order valence-electron chi connectivity index (χ1n) is 12.4. The van der Waals surface area contributed by atoms with Crippen molar-refractivity contribution in [3.8, 4) is 5.75 Å². The molecule has 182 valence electrons. The standard InChI is InChI=1S/C28H36N2O4/c1-29-18-20-33-19-8-7-13-28(22-34-25-12-6-5-11-24(25)27(29)32)14-16-30(17-15-28)26(31)21-23-9-3-2-4-10-23/h2-6,9-12H,7-8,13-22H2,1H3. The molecule has 2 heterocycles. The van der Waals surface area contributed by atoms with Crippen molar-refractivity contribution in [3.05, 3.63) is 65.7 Å². The quantitative estimate of drug-likeness (QED) is 0.669. The Hall–Kier alpha value is -2.86. The number of nitrogens with zero attached hydrogens (tertiary/aromatic N) is 2. The average molecular weight is 465 g/mol. The Kier molecular flexibility index (Phi) is 8.22. The number of amides is 2. The van der Waals surface area contributed by atoms with E-state index in [0.717, 1.165) is 50.8 Å². The minimum atomic E-state index is -0.0494. The molecule has 0 N–H and O–H groups in total. The highest BCUT2D eigenvalue weighted by Gasteiger charge is 2.36. The summed E-state index contributed by atoms with van der Waals surface area (Å²) in [6, 6.07) is 17.4. The van der Waals surface area contributed by atoms with E-state index in [2.05, 4.69) is 0 Å². The van der Waals surface area contributed by atoms with Crippen LogP contribution in [0.25, 0.3) is 0 Å². The number of likely N-dealkylation sites (tertiary alicyclic amines) is 1. The summed E-state index contributed by atoms with van der Waals surface area (Å²) >= 11 is 0. The number of hydrogen-bond donors (Lipinski definition) is 0. The molecular weight excluding hydrogens is 428 g/mol. The van der Waals surface area contributed by atoms with E-state index >= 15 is 0 Å². The SMILES string of the molecule is CN1CCOCCCCC2(CCN(C(=O)Cc3ccccc3)CC2)COc2ccccc2C1=O. The third-order valence-corrected chi connectivity index (χ3v) is 7.19. The number of fused-ring (bicyclic) bond motifs is 1. The maximum atomic E-state index is 13.0. The molecule has 6 nitrogen and oxygen atoms in total. The highest BCUT2D eigenvalue weighted by molar-refractivity contribution is 5.96. The fourth-order valence-electron chi connectivity index (χ4n) is 4.89. The molecule has 4 rings (SSSR count). The van der Waals surface area contributed by atoms with E-state index < -0.39 is 0 Å². The van der Waals surface area contributed by atoms with Gasteiger partial charge in [0.05, 0.1) is 25.2 Å². The van der Waals surface area contributed by atoms with Gasteiger partial charge >= 0.3 is 0 Å². The number of carbonyl (C=O) groups excluding carboxylic acids is 2.